The Hall–Kier alpha value is -2.69. The molecule has 7 heteroatoms. The fourth-order valence-electron chi connectivity index (χ4n) is 2.31. The number of amides is 1. The van der Waals surface area contributed by atoms with Gasteiger partial charge < -0.3 is 5.32 Å². The summed E-state index contributed by atoms with van der Waals surface area (Å²) in [5.74, 6) is 3.14. The normalized spacial score (nSPS) is 18.5. The van der Waals surface area contributed by atoms with E-state index in [4.69, 9.17) is 0 Å². The number of aromatic nitrogens is 1. The number of carbonyl (C=O) groups is 1. The zero-order valence-corrected chi connectivity index (χ0v) is 15.3. The molecule has 0 spiro atoms. The molecule has 1 aromatic heterocycles. The average molecular weight is 414 g/mol. The van der Waals surface area contributed by atoms with Crippen molar-refractivity contribution in [3.8, 4) is 6.07 Å². The molecular weight excluding hydrogens is 402 g/mol. The van der Waals surface area contributed by atoms with E-state index in [1.165, 1.54) is 6.08 Å². The molecule has 2 aromatic rings. The third kappa shape index (κ3) is 3.55. The first-order valence-electron chi connectivity index (χ1n) is 7.14. The summed E-state index contributed by atoms with van der Waals surface area (Å²) in [4.78, 5) is 17.0. The maximum absolute atomic E-state index is 12.4. The van der Waals surface area contributed by atoms with E-state index >= 15 is 0 Å². The summed E-state index contributed by atoms with van der Waals surface area (Å²) >= 11 is 3.27. The number of nitrogens with one attached hydrogen (secondary N) is 1. The Balaban J connectivity index is 1.88. The highest BCUT2D eigenvalue weighted by Crippen LogP contribution is 2.29. The standard InChI is InChI=1S/C18H12BrN3O2S/c1-25(24)8-6-12-4-5-15(10-16(12)25)22-18(23)14(11-20)9-13-3-2-7-21-17(13)19/h2-10H,1H2,(H,22,23)/b14-9+. The number of nitrogens with zero attached hydrogens (tertiary/aromatic N) is 2. The number of pyridine rings is 1. The third-order valence-electron chi connectivity index (χ3n) is 3.56. The molecule has 1 atom stereocenters. The van der Waals surface area contributed by atoms with Crippen molar-refractivity contribution in [3.05, 3.63) is 63.2 Å². The van der Waals surface area contributed by atoms with Crippen molar-refractivity contribution in [1.29, 1.82) is 5.26 Å². The molecule has 25 heavy (non-hydrogen) atoms. The van der Waals surface area contributed by atoms with Crippen molar-refractivity contribution in [1.82, 2.24) is 4.98 Å². The predicted octanol–water partition coefficient (Wildman–Crippen LogP) is 3.45. The number of hydrogen-bond donors (Lipinski definition) is 1. The van der Waals surface area contributed by atoms with Gasteiger partial charge in [0.2, 0.25) is 0 Å². The van der Waals surface area contributed by atoms with Crippen molar-refractivity contribution in [3.63, 3.8) is 0 Å². The molecule has 3 rings (SSSR count). The van der Waals surface area contributed by atoms with Crippen LogP contribution in [0.1, 0.15) is 11.1 Å². The number of fused-ring (bicyclic) bond motifs is 1. The number of rotatable bonds is 3. The van der Waals surface area contributed by atoms with Gasteiger partial charge in [-0.05, 0) is 63.1 Å². The largest absolute Gasteiger partial charge is 0.321 e. The SMILES string of the molecule is C=S1(=O)C=Cc2ccc(NC(=O)/C(C#N)=C/c3cccnc3Br)cc21. The fourth-order valence-corrected chi connectivity index (χ4v) is 4.05. The topological polar surface area (TPSA) is 82.9 Å². The Morgan fingerprint density at radius 1 is 1.40 bits per heavy atom. The lowest BCUT2D eigenvalue weighted by molar-refractivity contribution is -0.112. The van der Waals surface area contributed by atoms with Crippen LogP contribution in [0.2, 0.25) is 0 Å². The zero-order valence-electron chi connectivity index (χ0n) is 12.9. The Morgan fingerprint density at radius 2 is 2.20 bits per heavy atom. The van der Waals surface area contributed by atoms with Gasteiger partial charge in [-0.15, -0.1) is 0 Å². The molecule has 0 bridgehead atoms. The van der Waals surface area contributed by atoms with Gasteiger partial charge in [-0.25, -0.2) is 4.98 Å². The van der Waals surface area contributed by atoms with Crippen LogP contribution >= 0.6 is 15.9 Å². The van der Waals surface area contributed by atoms with E-state index in [1.807, 2.05) is 6.07 Å². The van der Waals surface area contributed by atoms with Gasteiger partial charge in [0.15, 0.2) is 0 Å². The van der Waals surface area contributed by atoms with E-state index in [9.17, 15) is 14.3 Å². The summed E-state index contributed by atoms with van der Waals surface area (Å²) in [6, 6.07) is 10.4. The summed E-state index contributed by atoms with van der Waals surface area (Å²) in [7, 11) is -2.47. The number of nitriles is 1. The van der Waals surface area contributed by atoms with Gasteiger partial charge in [0.1, 0.15) is 16.2 Å². The molecule has 2 heterocycles. The highest BCUT2D eigenvalue weighted by Gasteiger charge is 2.17. The second-order valence-electron chi connectivity index (χ2n) is 5.29. The van der Waals surface area contributed by atoms with Crippen LogP contribution in [0.25, 0.3) is 12.2 Å². The maximum Gasteiger partial charge on any atom is 0.266 e. The summed E-state index contributed by atoms with van der Waals surface area (Å²) < 4.78 is 12.9. The second-order valence-corrected chi connectivity index (χ2v) is 8.20. The van der Waals surface area contributed by atoms with Crippen molar-refractivity contribution in [2.24, 2.45) is 0 Å². The van der Waals surface area contributed by atoms with Crippen molar-refractivity contribution < 1.29 is 9.00 Å². The number of halogens is 1. The van der Waals surface area contributed by atoms with Gasteiger partial charge in [0.25, 0.3) is 5.91 Å². The van der Waals surface area contributed by atoms with E-state index < -0.39 is 15.4 Å². The molecule has 5 nitrogen and oxygen atoms in total. The average Bonchev–Trinajstić information content (AvgIpc) is 2.89. The van der Waals surface area contributed by atoms with Crippen molar-refractivity contribution in [2.45, 2.75) is 4.90 Å². The van der Waals surface area contributed by atoms with Crippen LogP contribution in [0, 0.1) is 11.3 Å². The summed E-state index contributed by atoms with van der Waals surface area (Å²) in [6.07, 6.45) is 4.80. The monoisotopic (exact) mass is 413 g/mol. The summed E-state index contributed by atoms with van der Waals surface area (Å²) in [5.41, 5.74) is 1.82. The van der Waals surface area contributed by atoms with Gasteiger partial charge in [-0.3, -0.25) is 9.00 Å². The van der Waals surface area contributed by atoms with Gasteiger partial charge in [0, 0.05) is 31.9 Å². The Labute approximate surface area is 153 Å². The molecule has 124 valence electrons. The number of benzene rings is 1. The van der Waals surface area contributed by atoms with Gasteiger partial charge in [-0.2, -0.15) is 5.26 Å². The molecule has 0 fully saturated rings. The van der Waals surface area contributed by atoms with E-state index in [-0.39, 0.29) is 5.57 Å². The Bertz CT molecular complexity index is 1080. The van der Waals surface area contributed by atoms with Crippen LogP contribution in [-0.2, 0) is 14.3 Å². The first-order chi connectivity index (χ1) is 11.9. The highest BCUT2D eigenvalue weighted by molar-refractivity contribution is 9.10. The van der Waals surface area contributed by atoms with Crippen molar-refractivity contribution >= 4 is 55.1 Å². The van der Waals surface area contributed by atoms with Gasteiger partial charge in [0.05, 0.1) is 0 Å². The first-order valence-corrected chi connectivity index (χ1v) is 9.72. The minimum Gasteiger partial charge on any atom is -0.321 e. The molecule has 1 aliphatic rings. The summed E-state index contributed by atoms with van der Waals surface area (Å²) in [6.45, 7) is 0. The number of hydrogen-bond acceptors (Lipinski definition) is 4. The lowest BCUT2D eigenvalue weighted by Gasteiger charge is -2.08. The molecule has 0 radical (unpaired) electrons. The molecule has 0 saturated heterocycles. The number of carbonyl (C=O) groups excluding carboxylic acids is 1. The van der Waals surface area contributed by atoms with E-state index in [0.717, 1.165) is 5.56 Å². The molecule has 1 aromatic carbocycles. The third-order valence-corrected chi connectivity index (χ3v) is 5.90. The van der Waals surface area contributed by atoms with Crippen molar-refractivity contribution in [2.75, 3.05) is 5.32 Å². The Kier molecular flexibility index (Phi) is 4.57. The maximum atomic E-state index is 12.4. The fraction of sp³-hybridized carbons (Fsp3) is 0. The molecule has 1 N–H and O–H groups in total. The second kappa shape index (κ2) is 6.67. The molecular formula is C18H12BrN3O2S. The van der Waals surface area contributed by atoms with Gasteiger partial charge >= 0.3 is 0 Å². The molecule has 1 unspecified atom stereocenters. The smallest absolute Gasteiger partial charge is 0.266 e. The highest BCUT2D eigenvalue weighted by atomic mass is 79.9. The first kappa shape index (κ1) is 17.1. The molecule has 0 aliphatic carbocycles. The van der Waals surface area contributed by atoms with E-state index in [0.29, 0.717) is 20.7 Å². The van der Waals surface area contributed by atoms with E-state index in [2.05, 4.69) is 32.1 Å². The number of anilines is 1. The molecule has 1 aliphatic heterocycles. The minimum atomic E-state index is -2.47. The van der Waals surface area contributed by atoms with Crippen LogP contribution < -0.4 is 5.32 Å². The minimum absolute atomic E-state index is 0.0670. The van der Waals surface area contributed by atoms with E-state index in [1.54, 1.807) is 48.0 Å². The zero-order chi connectivity index (χ0) is 18.0. The Morgan fingerprint density at radius 3 is 2.92 bits per heavy atom. The van der Waals surface area contributed by atoms with Crippen LogP contribution in [0.5, 0.6) is 0 Å². The van der Waals surface area contributed by atoms with Gasteiger partial charge in [-0.1, -0.05) is 12.1 Å². The lowest BCUT2D eigenvalue weighted by Crippen LogP contribution is -2.13. The quantitative estimate of drug-likeness (QED) is 0.361. The van der Waals surface area contributed by atoms with Crippen LogP contribution in [0.15, 0.2) is 57.0 Å². The predicted molar refractivity (Wildman–Crippen MR) is 103 cm³/mol. The lowest BCUT2D eigenvalue weighted by atomic mass is 10.1. The van der Waals surface area contributed by atoms with Crippen LogP contribution in [0.4, 0.5) is 5.69 Å². The summed E-state index contributed by atoms with van der Waals surface area (Å²) in [5, 5.41) is 13.5. The molecule has 0 saturated carbocycles. The molecule has 1 amide bonds. The van der Waals surface area contributed by atoms with Crippen LogP contribution in [-0.4, -0.2) is 21.0 Å². The van der Waals surface area contributed by atoms with Crippen LogP contribution in [0.3, 0.4) is 0 Å².